The zero-order valence-electron chi connectivity index (χ0n) is 13.6. The zero-order valence-corrected chi connectivity index (χ0v) is 13.6. The summed E-state index contributed by atoms with van der Waals surface area (Å²) in [5.41, 5.74) is 7.90. The first-order chi connectivity index (χ1) is 11.2. The SMILES string of the molecule is CC(=Cn1c2c(c3cc(C)ccc31)CCNC2)c1cccnc1. The fourth-order valence-electron chi connectivity index (χ4n) is 3.45. The molecule has 1 aromatic carbocycles. The first-order valence-corrected chi connectivity index (χ1v) is 8.16. The fourth-order valence-corrected chi connectivity index (χ4v) is 3.45. The summed E-state index contributed by atoms with van der Waals surface area (Å²) in [5.74, 6) is 0. The standard InChI is InChI=1S/C20H21N3/c1-14-5-6-19-18(10-14)17-7-9-22-12-20(17)23(19)13-15(2)16-4-3-8-21-11-16/h3-6,8,10-11,13,22H,7,9,12H2,1-2H3. The zero-order chi connectivity index (χ0) is 15.8. The highest BCUT2D eigenvalue weighted by atomic mass is 15.0. The summed E-state index contributed by atoms with van der Waals surface area (Å²) in [6.45, 7) is 6.31. The second kappa shape index (κ2) is 5.67. The maximum Gasteiger partial charge on any atom is 0.0529 e. The monoisotopic (exact) mass is 303 g/mol. The lowest BCUT2D eigenvalue weighted by Crippen LogP contribution is -2.24. The Balaban J connectivity index is 1.93. The van der Waals surface area contributed by atoms with Crippen LogP contribution in [0.25, 0.3) is 22.7 Å². The lowest BCUT2D eigenvalue weighted by atomic mass is 10.0. The molecule has 0 bridgehead atoms. The van der Waals surface area contributed by atoms with E-state index in [-0.39, 0.29) is 0 Å². The highest BCUT2D eigenvalue weighted by Crippen LogP contribution is 2.31. The smallest absolute Gasteiger partial charge is 0.0529 e. The van der Waals surface area contributed by atoms with Crippen LogP contribution in [0.1, 0.15) is 29.3 Å². The highest BCUT2D eigenvalue weighted by molar-refractivity contribution is 5.90. The molecule has 0 fully saturated rings. The van der Waals surface area contributed by atoms with E-state index >= 15 is 0 Å². The summed E-state index contributed by atoms with van der Waals surface area (Å²) >= 11 is 0. The third-order valence-electron chi connectivity index (χ3n) is 4.66. The Bertz CT molecular complexity index is 888. The largest absolute Gasteiger partial charge is 0.318 e. The molecule has 0 aliphatic carbocycles. The van der Waals surface area contributed by atoms with Gasteiger partial charge in [-0.15, -0.1) is 0 Å². The van der Waals surface area contributed by atoms with Crippen LogP contribution in [0.15, 0.2) is 42.7 Å². The number of fused-ring (bicyclic) bond motifs is 3. The van der Waals surface area contributed by atoms with Gasteiger partial charge in [-0.1, -0.05) is 17.7 Å². The Hall–Kier alpha value is -2.39. The topological polar surface area (TPSA) is 29.9 Å². The summed E-state index contributed by atoms with van der Waals surface area (Å²) in [7, 11) is 0. The first-order valence-electron chi connectivity index (χ1n) is 8.16. The molecule has 0 unspecified atom stereocenters. The van der Waals surface area contributed by atoms with Crippen molar-refractivity contribution in [2.75, 3.05) is 6.54 Å². The van der Waals surface area contributed by atoms with Gasteiger partial charge in [0.1, 0.15) is 0 Å². The van der Waals surface area contributed by atoms with Crippen LogP contribution in [0, 0.1) is 6.92 Å². The van der Waals surface area contributed by atoms with Crippen LogP contribution in [0.2, 0.25) is 0 Å². The van der Waals surface area contributed by atoms with E-state index in [0.717, 1.165) is 19.5 Å². The second-order valence-corrected chi connectivity index (χ2v) is 6.30. The van der Waals surface area contributed by atoms with Crippen LogP contribution in [-0.2, 0) is 13.0 Å². The molecule has 0 spiro atoms. The van der Waals surface area contributed by atoms with E-state index in [1.807, 2.05) is 18.5 Å². The number of allylic oxidation sites excluding steroid dienone is 1. The molecule has 0 atom stereocenters. The van der Waals surface area contributed by atoms with Crippen LogP contribution < -0.4 is 5.32 Å². The number of nitrogens with zero attached hydrogens (tertiary/aromatic N) is 2. The Morgan fingerprint density at radius 2 is 2.22 bits per heavy atom. The Morgan fingerprint density at radius 1 is 1.30 bits per heavy atom. The molecule has 0 saturated carbocycles. The number of hydrogen-bond donors (Lipinski definition) is 1. The van der Waals surface area contributed by atoms with Gasteiger partial charge in [0.15, 0.2) is 0 Å². The van der Waals surface area contributed by atoms with Gasteiger partial charge in [0.05, 0.1) is 5.52 Å². The van der Waals surface area contributed by atoms with Gasteiger partial charge in [-0.3, -0.25) is 4.98 Å². The Kier molecular flexibility index (Phi) is 3.50. The molecule has 2 aromatic heterocycles. The minimum atomic E-state index is 0.930. The first kappa shape index (κ1) is 14.2. The molecule has 3 nitrogen and oxygen atoms in total. The third kappa shape index (κ3) is 2.47. The number of nitrogens with one attached hydrogen (secondary N) is 1. The maximum absolute atomic E-state index is 4.23. The predicted octanol–water partition coefficient (Wildman–Crippen LogP) is 4.01. The van der Waals surface area contributed by atoms with Crippen LogP contribution in [0.3, 0.4) is 0 Å². The number of rotatable bonds is 2. The summed E-state index contributed by atoms with van der Waals surface area (Å²) in [5, 5.41) is 4.91. The Labute approximate surface area is 136 Å². The maximum atomic E-state index is 4.23. The normalized spacial score (nSPS) is 15.0. The average Bonchev–Trinajstić information content (AvgIpc) is 2.89. The predicted molar refractivity (Wildman–Crippen MR) is 96.2 cm³/mol. The van der Waals surface area contributed by atoms with Crippen molar-refractivity contribution >= 4 is 22.7 Å². The molecule has 3 heterocycles. The van der Waals surface area contributed by atoms with Gasteiger partial charge in [0.25, 0.3) is 0 Å². The van der Waals surface area contributed by atoms with Gasteiger partial charge in [-0.25, -0.2) is 0 Å². The summed E-state index contributed by atoms with van der Waals surface area (Å²) in [6, 6.07) is 10.9. The quantitative estimate of drug-likeness (QED) is 0.775. The van der Waals surface area contributed by atoms with E-state index in [1.165, 1.54) is 38.9 Å². The van der Waals surface area contributed by atoms with E-state index in [9.17, 15) is 0 Å². The average molecular weight is 303 g/mol. The van der Waals surface area contributed by atoms with Gasteiger partial charge in [0, 0.05) is 36.2 Å². The summed E-state index contributed by atoms with van der Waals surface area (Å²) < 4.78 is 2.36. The second-order valence-electron chi connectivity index (χ2n) is 6.30. The van der Waals surface area contributed by atoms with Crippen molar-refractivity contribution in [3.8, 4) is 0 Å². The van der Waals surface area contributed by atoms with Crippen LogP contribution in [0.4, 0.5) is 0 Å². The number of pyridine rings is 1. The van der Waals surface area contributed by atoms with Gasteiger partial charge < -0.3 is 9.88 Å². The van der Waals surface area contributed by atoms with Crippen molar-refractivity contribution in [3.63, 3.8) is 0 Å². The van der Waals surface area contributed by atoms with E-state index in [2.05, 4.69) is 59.2 Å². The van der Waals surface area contributed by atoms with Crippen molar-refractivity contribution in [1.29, 1.82) is 0 Å². The van der Waals surface area contributed by atoms with Crippen LogP contribution in [0.5, 0.6) is 0 Å². The summed E-state index contributed by atoms with van der Waals surface area (Å²) in [4.78, 5) is 4.23. The molecular weight excluding hydrogens is 282 g/mol. The highest BCUT2D eigenvalue weighted by Gasteiger charge is 2.19. The van der Waals surface area contributed by atoms with Crippen molar-refractivity contribution in [2.45, 2.75) is 26.8 Å². The van der Waals surface area contributed by atoms with Crippen LogP contribution >= 0.6 is 0 Å². The van der Waals surface area contributed by atoms with Gasteiger partial charge in [-0.05, 0) is 61.7 Å². The van der Waals surface area contributed by atoms with Crippen LogP contribution in [-0.4, -0.2) is 16.1 Å². The fraction of sp³-hybridized carbons (Fsp3) is 0.250. The van der Waals surface area contributed by atoms with Gasteiger partial charge in [-0.2, -0.15) is 0 Å². The number of aryl methyl sites for hydroxylation is 1. The molecule has 4 rings (SSSR count). The molecule has 3 aromatic rings. The van der Waals surface area contributed by atoms with E-state index in [0.29, 0.717) is 0 Å². The molecule has 3 heteroatoms. The molecule has 1 aliphatic heterocycles. The van der Waals surface area contributed by atoms with Crippen molar-refractivity contribution < 1.29 is 0 Å². The van der Waals surface area contributed by atoms with Crippen molar-refractivity contribution in [1.82, 2.24) is 14.9 Å². The molecule has 116 valence electrons. The lowest BCUT2D eigenvalue weighted by Gasteiger charge is -2.16. The molecule has 0 amide bonds. The van der Waals surface area contributed by atoms with Crippen molar-refractivity contribution in [3.05, 3.63) is 65.1 Å². The summed E-state index contributed by atoms with van der Waals surface area (Å²) in [6.07, 6.45) is 7.09. The molecule has 1 N–H and O–H groups in total. The molecule has 0 radical (unpaired) electrons. The minimum Gasteiger partial charge on any atom is -0.318 e. The Morgan fingerprint density at radius 3 is 3.04 bits per heavy atom. The molecule has 1 aliphatic rings. The molecular formula is C20H21N3. The molecule has 23 heavy (non-hydrogen) atoms. The lowest BCUT2D eigenvalue weighted by molar-refractivity contribution is 0.629. The minimum absolute atomic E-state index is 0.930. The van der Waals surface area contributed by atoms with Crippen molar-refractivity contribution in [2.24, 2.45) is 0 Å². The third-order valence-corrected chi connectivity index (χ3v) is 4.66. The van der Waals surface area contributed by atoms with Gasteiger partial charge >= 0.3 is 0 Å². The molecule has 0 saturated heterocycles. The van der Waals surface area contributed by atoms with E-state index in [1.54, 1.807) is 0 Å². The van der Waals surface area contributed by atoms with E-state index in [4.69, 9.17) is 0 Å². The van der Waals surface area contributed by atoms with Gasteiger partial charge in [0.2, 0.25) is 0 Å². The number of hydrogen-bond acceptors (Lipinski definition) is 2. The number of aromatic nitrogens is 2. The number of benzene rings is 1. The van der Waals surface area contributed by atoms with E-state index < -0.39 is 0 Å².